The number of hydrogen-bond donors (Lipinski definition) is 1. The van der Waals surface area contributed by atoms with E-state index in [-0.39, 0.29) is 5.82 Å². The molecule has 1 N–H and O–H groups in total. The number of halogens is 1. The fourth-order valence-corrected chi connectivity index (χ4v) is 6.50. The Bertz CT molecular complexity index is 1360. The summed E-state index contributed by atoms with van der Waals surface area (Å²) in [7, 11) is -3.33. The molecule has 2 aromatic carbocycles. The summed E-state index contributed by atoms with van der Waals surface area (Å²) in [4.78, 5) is 0.332. The molecule has 1 heterocycles. The highest BCUT2D eigenvalue weighted by Crippen LogP contribution is 2.56. The molecule has 0 unspecified atom stereocenters. The Morgan fingerprint density at radius 2 is 1.88 bits per heavy atom. The van der Waals surface area contributed by atoms with Gasteiger partial charge in [-0.1, -0.05) is 30.7 Å². The second kappa shape index (κ2) is 7.64. The van der Waals surface area contributed by atoms with Crippen LogP contribution in [0.15, 0.2) is 65.2 Å². The third kappa shape index (κ3) is 3.63. The molecule has 2 atom stereocenters. The molecular formula is C26H27FN2O3S. The molecule has 5 rings (SSSR count). The molecule has 2 aliphatic carbocycles. The van der Waals surface area contributed by atoms with Crippen LogP contribution in [0.4, 0.5) is 4.39 Å². The first-order valence-corrected chi connectivity index (χ1v) is 13.0. The van der Waals surface area contributed by atoms with E-state index >= 15 is 0 Å². The van der Waals surface area contributed by atoms with Crippen LogP contribution in [-0.4, -0.2) is 35.2 Å². The van der Waals surface area contributed by atoms with Crippen molar-refractivity contribution >= 4 is 15.9 Å². The van der Waals surface area contributed by atoms with E-state index in [1.54, 1.807) is 24.3 Å². The van der Waals surface area contributed by atoms with Crippen molar-refractivity contribution in [1.82, 2.24) is 9.78 Å². The molecule has 172 valence electrons. The monoisotopic (exact) mass is 466 g/mol. The summed E-state index contributed by atoms with van der Waals surface area (Å²) in [5, 5.41) is 16.4. The zero-order valence-corrected chi connectivity index (χ0v) is 19.6. The summed E-state index contributed by atoms with van der Waals surface area (Å²) < 4.78 is 39.6. The van der Waals surface area contributed by atoms with Crippen molar-refractivity contribution in [1.29, 1.82) is 0 Å². The number of aryl methyl sites for hydroxylation is 1. The van der Waals surface area contributed by atoms with Crippen LogP contribution in [0.3, 0.4) is 0 Å². The van der Waals surface area contributed by atoms with E-state index < -0.39 is 20.9 Å². The third-order valence-corrected chi connectivity index (χ3v) is 8.73. The van der Waals surface area contributed by atoms with Gasteiger partial charge in [0.15, 0.2) is 9.84 Å². The Labute approximate surface area is 193 Å². The van der Waals surface area contributed by atoms with Crippen molar-refractivity contribution in [3.05, 3.63) is 82.9 Å². The van der Waals surface area contributed by atoms with Crippen molar-refractivity contribution in [2.75, 3.05) is 6.26 Å². The third-order valence-electron chi connectivity index (χ3n) is 7.54. The minimum atomic E-state index is -3.33. The van der Waals surface area contributed by atoms with E-state index in [1.165, 1.54) is 24.0 Å². The Kier molecular flexibility index (Phi) is 5.10. The summed E-state index contributed by atoms with van der Waals surface area (Å²) in [5.41, 5.74) is 3.34. The lowest BCUT2D eigenvalue weighted by Gasteiger charge is -2.42. The van der Waals surface area contributed by atoms with Crippen LogP contribution < -0.4 is 0 Å². The van der Waals surface area contributed by atoms with E-state index in [9.17, 15) is 17.9 Å². The number of nitrogens with zero attached hydrogens (tertiary/aromatic N) is 2. The SMILES string of the molecule is C[C@]12Cc3cnn(-c4ccc(F)cc4)c3C=C1CC[C@@]2(O)CCc1ccccc1S(C)(=O)=O. The van der Waals surface area contributed by atoms with Crippen LogP contribution in [0.5, 0.6) is 0 Å². The topological polar surface area (TPSA) is 72.2 Å². The molecule has 0 amide bonds. The van der Waals surface area contributed by atoms with Crippen LogP contribution in [0.2, 0.25) is 0 Å². The summed E-state index contributed by atoms with van der Waals surface area (Å²) >= 11 is 0. The summed E-state index contributed by atoms with van der Waals surface area (Å²) in [5.74, 6) is -0.288. The predicted molar refractivity (Wildman–Crippen MR) is 125 cm³/mol. The fraction of sp³-hybridized carbons (Fsp3) is 0.346. The van der Waals surface area contributed by atoms with Gasteiger partial charge in [-0.25, -0.2) is 17.5 Å². The zero-order chi connectivity index (χ0) is 23.4. The molecular weight excluding hydrogens is 439 g/mol. The Hall–Kier alpha value is -2.77. The smallest absolute Gasteiger partial charge is 0.175 e. The second-order valence-electron chi connectivity index (χ2n) is 9.53. The van der Waals surface area contributed by atoms with Gasteiger partial charge in [0.05, 0.1) is 28.1 Å². The van der Waals surface area contributed by atoms with E-state index in [2.05, 4.69) is 18.1 Å². The van der Waals surface area contributed by atoms with Gasteiger partial charge >= 0.3 is 0 Å². The molecule has 3 aromatic rings. The number of sulfone groups is 1. The first-order valence-electron chi connectivity index (χ1n) is 11.1. The largest absolute Gasteiger partial charge is 0.389 e. The van der Waals surface area contributed by atoms with Gasteiger partial charge in [-0.3, -0.25) is 0 Å². The van der Waals surface area contributed by atoms with E-state index in [4.69, 9.17) is 0 Å². The van der Waals surface area contributed by atoms with E-state index in [0.717, 1.165) is 28.9 Å². The number of benzene rings is 2. The molecule has 0 saturated heterocycles. The van der Waals surface area contributed by atoms with Crippen molar-refractivity contribution in [3.63, 3.8) is 0 Å². The number of rotatable bonds is 5. The van der Waals surface area contributed by atoms with Crippen LogP contribution in [0.25, 0.3) is 11.8 Å². The Balaban J connectivity index is 1.44. The van der Waals surface area contributed by atoms with Gasteiger partial charge in [0.2, 0.25) is 0 Å². The lowest BCUT2D eigenvalue weighted by atomic mass is 9.65. The van der Waals surface area contributed by atoms with Gasteiger partial charge in [-0.2, -0.15) is 5.10 Å². The molecule has 0 bridgehead atoms. The molecule has 0 aliphatic heterocycles. The van der Waals surface area contributed by atoms with Gasteiger partial charge in [0, 0.05) is 11.7 Å². The highest BCUT2D eigenvalue weighted by Gasteiger charge is 2.54. The normalized spacial score (nSPS) is 24.3. The van der Waals surface area contributed by atoms with Gasteiger partial charge in [-0.15, -0.1) is 0 Å². The number of aromatic nitrogens is 2. The van der Waals surface area contributed by atoms with Gasteiger partial charge in [0.1, 0.15) is 5.82 Å². The maximum Gasteiger partial charge on any atom is 0.175 e. The average Bonchev–Trinajstić information content (AvgIpc) is 3.29. The average molecular weight is 467 g/mol. The van der Waals surface area contributed by atoms with Crippen molar-refractivity contribution in [2.24, 2.45) is 5.41 Å². The predicted octanol–water partition coefficient (Wildman–Crippen LogP) is 4.52. The molecule has 1 fully saturated rings. The molecule has 1 aromatic heterocycles. The zero-order valence-electron chi connectivity index (χ0n) is 18.8. The van der Waals surface area contributed by atoms with Crippen LogP contribution in [0.1, 0.15) is 43.0 Å². The summed E-state index contributed by atoms with van der Waals surface area (Å²) in [6, 6.07) is 13.3. The van der Waals surface area contributed by atoms with Crippen LogP contribution >= 0.6 is 0 Å². The second-order valence-corrected chi connectivity index (χ2v) is 11.5. The first-order chi connectivity index (χ1) is 15.6. The van der Waals surface area contributed by atoms with Gasteiger partial charge in [0.25, 0.3) is 0 Å². The Morgan fingerprint density at radius 1 is 1.15 bits per heavy atom. The van der Waals surface area contributed by atoms with E-state index in [0.29, 0.717) is 30.6 Å². The van der Waals surface area contributed by atoms with Gasteiger partial charge in [-0.05, 0) is 79.6 Å². The molecule has 2 aliphatic rings. The highest BCUT2D eigenvalue weighted by molar-refractivity contribution is 7.90. The van der Waals surface area contributed by atoms with Crippen molar-refractivity contribution in [3.8, 4) is 5.69 Å². The van der Waals surface area contributed by atoms with Crippen molar-refractivity contribution in [2.45, 2.75) is 49.5 Å². The molecule has 7 heteroatoms. The molecule has 0 spiro atoms. The number of aliphatic hydroxyl groups is 1. The Morgan fingerprint density at radius 3 is 2.61 bits per heavy atom. The van der Waals surface area contributed by atoms with Gasteiger partial charge < -0.3 is 5.11 Å². The maximum absolute atomic E-state index is 13.4. The molecule has 33 heavy (non-hydrogen) atoms. The molecule has 0 radical (unpaired) electrons. The lowest BCUT2D eigenvalue weighted by molar-refractivity contribution is -0.0462. The lowest BCUT2D eigenvalue weighted by Crippen LogP contribution is -2.45. The minimum absolute atomic E-state index is 0.288. The summed E-state index contributed by atoms with van der Waals surface area (Å²) in [6.07, 6.45) is 8.20. The maximum atomic E-state index is 13.4. The quantitative estimate of drug-likeness (QED) is 0.600. The standard InChI is InChI=1S/C26H27FN2O3S/c1-25-16-19-17-28-29(22-9-7-21(27)8-10-22)23(19)15-20(25)12-14-26(25,30)13-11-18-5-3-4-6-24(18)33(2,31)32/h3-10,15,17,30H,11-14,16H2,1-2H3/t25-,26-/m0/s1. The molecule has 1 saturated carbocycles. The van der Waals surface area contributed by atoms with E-state index in [1.807, 2.05) is 23.0 Å². The minimum Gasteiger partial charge on any atom is -0.389 e. The molecule has 5 nitrogen and oxygen atoms in total. The summed E-state index contributed by atoms with van der Waals surface area (Å²) in [6.45, 7) is 2.10. The number of fused-ring (bicyclic) bond motifs is 2. The van der Waals surface area contributed by atoms with Crippen molar-refractivity contribution < 1.29 is 17.9 Å². The number of hydrogen-bond acceptors (Lipinski definition) is 4. The van der Waals surface area contributed by atoms with Crippen LogP contribution in [-0.2, 0) is 22.7 Å². The highest BCUT2D eigenvalue weighted by atomic mass is 32.2. The first kappa shape index (κ1) is 22.0. The van der Waals surface area contributed by atoms with Crippen LogP contribution in [0, 0.1) is 11.2 Å². The fourth-order valence-electron chi connectivity index (χ4n) is 5.53.